The van der Waals surface area contributed by atoms with Crippen LogP contribution < -0.4 is 11.1 Å². The van der Waals surface area contributed by atoms with Crippen LogP contribution in [0, 0.1) is 0 Å². The van der Waals surface area contributed by atoms with Gasteiger partial charge in [-0.15, -0.1) is 5.10 Å². The van der Waals surface area contributed by atoms with Crippen LogP contribution in [0.15, 0.2) is 24.3 Å². The Morgan fingerprint density at radius 3 is 2.95 bits per heavy atom. The predicted octanol–water partition coefficient (Wildman–Crippen LogP) is 2.37. The summed E-state index contributed by atoms with van der Waals surface area (Å²) in [5.74, 6) is 0.00254. The monoisotopic (exact) mass is 276 g/mol. The van der Waals surface area contributed by atoms with Crippen LogP contribution in [-0.4, -0.2) is 15.5 Å². The number of rotatable bonds is 4. The van der Waals surface area contributed by atoms with Gasteiger partial charge >= 0.3 is 0 Å². The van der Waals surface area contributed by atoms with E-state index in [-0.39, 0.29) is 11.8 Å². The van der Waals surface area contributed by atoms with Gasteiger partial charge in [0.25, 0.3) is 5.91 Å². The smallest absolute Gasteiger partial charge is 0.269 e. The largest absolute Gasteiger partial charge is 0.326 e. The van der Waals surface area contributed by atoms with E-state index in [1.807, 2.05) is 38.1 Å². The maximum atomic E-state index is 12.2. The molecular formula is C13H16N4OS. The van der Waals surface area contributed by atoms with Crippen LogP contribution in [0.2, 0.25) is 0 Å². The summed E-state index contributed by atoms with van der Waals surface area (Å²) in [5, 5.41) is 6.85. The minimum absolute atomic E-state index is 0.173. The van der Waals surface area contributed by atoms with E-state index in [1.54, 1.807) is 0 Å². The number of aromatic nitrogens is 2. The molecule has 0 bridgehead atoms. The van der Waals surface area contributed by atoms with Gasteiger partial charge in [0, 0.05) is 12.2 Å². The summed E-state index contributed by atoms with van der Waals surface area (Å²) in [6.07, 6.45) is 0. The third-order valence-electron chi connectivity index (χ3n) is 2.69. The van der Waals surface area contributed by atoms with Crippen molar-refractivity contribution in [1.82, 2.24) is 9.59 Å². The summed E-state index contributed by atoms with van der Waals surface area (Å²) < 4.78 is 3.85. The molecule has 3 N–H and O–H groups in total. The minimum atomic E-state index is -0.173. The molecule has 0 aliphatic heterocycles. The molecule has 0 atom stereocenters. The first-order chi connectivity index (χ1) is 9.11. The zero-order valence-electron chi connectivity index (χ0n) is 10.9. The lowest BCUT2D eigenvalue weighted by Gasteiger charge is -2.07. The maximum absolute atomic E-state index is 12.2. The van der Waals surface area contributed by atoms with E-state index in [0.29, 0.717) is 11.4 Å². The molecular weight excluding hydrogens is 260 g/mol. The van der Waals surface area contributed by atoms with Crippen molar-refractivity contribution in [2.45, 2.75) is 26.3 Å². The lowest BCUT2D eigenvalue weighted by atomic mass is 10.1. The molecule has 1 heterocycles. The molecule has 0 radical (unpaired) electrons. The van der Waals surface area contributed by atoms with Gasteiger partial charge in [-0.1, -0.05) is 30.5 Å². The molecule has 0 spiro atoms. The maximum Gasteiger partial charge on any atom is 0.269 e. The summed E-state index contributed by atoms with van der Waals surface area (Å²) in [6.45, 7) is 4.42. The average molecular weight is 276 g/mol. The molecule has 0 aliphatic carbocycles. The van der Waals surface area contributed by atoms with Crippen molar-refractivity contribution in [2.24, 2.45) is 5.73 Å². The Morgan fingerprint density at radius 1 is 1.47 bits per heavy atom. The molecule has 19 heavy (non-hydrogen) atoms. The molecule has 0 aliphatic rings. The number of amides is 1. The first-order valence-corrected chi connectivity index (χ1v) is 6.81. The molecule has 1 aromatic carbocycles. The highest BCUT2D eigenvalue weighted by atomic mass is 32.1. The van der Waals surface area contributed by atoms with Crippen LogP contribution in [0.3, 0.4) is 0 Å². The van der Waals surface area contributed by atoms with Gasteiger partial charge in [0.2, 0.25) is 0 Å². The van der Waals surface area contributed by atoms with Crippen LogP contribution in [0.5, 0.6) is 0 Å². The van der Waals surface area contributed by atoms with Gasteiger partial charge in [0.1, 0.15) is 4.88 Å². The molecule has 100 valence electrons. The molecule has 5 nitrogen and oxygen atoms in total. The lowest BCUT2D eigenvalue weighted by molar-refractivity contribution is 0.102. The van der Waals surface area contributed by atoms with E-state index >= 15 is 0 Å². The van der Waals surface area contributed by atoms with Crippen molar-refractivity contribution in [3.8, 4) is 0 Å². The molecule has 0 fully saturated rings. The molecule has 6 heteroatoms. The fraction of sp³-hybridized carbons (Fsp3) is 0.308. The number of nitrogens with zero attached hydrogens (tertiary/aromatic N) is 2. The highest BCUT2D eigenvalue weighted by molar-refractivity contribution is 7.08. The van der Waals surface area contributed by atoms with E-state index in [4.69, 9.17) is 5.73 Å². The summed E-state index contributed by atoms with van der Waals surface area (Å²) in [6, 6.07) is 7.48. The topological polar surface area (TPSA) is 80.9 Å². The number of anilines is 1. The first-order valence-electron chi connectivity index (χ1n) is 6.04. The molecule has 1 amide bonds. The number of carbonyl (C=O) groups excluding carboxylic acids is 1. The van der Waals surface area contributed by atoms with Gasteiger partial charge in [0.05, 0.1) is 5.69 Å². The van der Waals surface area contributed by atoms with Crippen molar-refractivity contribution in [2.75, 3.05) is 5.32 Å². The third kappa shape index (κ3) is 3.15. The predicted molar refractivity (Wildman–Crippen MR) is 76.3 cm³/mol. The van der Waals surface area contributed by atoms with Gasteiger partial charge in [-0.05, 0) is 35.1 Å². The Bertz CT molecular complexity index is 580. The lowest BCUT2D eigenvalue weighted by Crippen LogP contribution is -2.13. The van der Waals surface area contributed by atoms with Gasteiger partial charge in [0.15, 0.2) is 0 Å². The van der Waals surface area contributed by atoms with E-state index in [2.05, 4.69) is 14.9 Å². The van der Waals surface area contributed by atoms with Crippen molar-refractivity contribution in [3.63, 3.8) is 0 Å². The summed E-state index contributed by atoms with van der Waals surface area (Å²) in [7, 11) is 0. The Balaban J connectivity index is 2.18. The molecule has 0 saturated heterocycles. The number of nitrogens with one attached hydrogen (secondary N) is 1. The standard InChI is InChI=1S/C13H16N4OS/c1-8(2)11-12(19-17-16-11)13(18)15-10-5-3-4-9(6-10)7-14/h3-6,8H,7,14H2,1-2H3,(H,15,18). The number of nitrogens with two attached hydrogens (primary N) is 1. The van der Waals surface area contributed by atoms with E-state index in [0.717, 1.165) is 28.5 Å². The van der Waals surface area contributed by atoms with E-state index < -0.39 is 0 Å². The third-order valence-corrected chi connectivity index (χ3v) is 3.43. The number of benzene rings is 1. The highest BCUT2D eigenvalue weighted by Gasteiger charge is 2.18. The quantitative estimate of drug-likeness (QED) is 0.898. The van der Waals surface area contributed by atoms with Gasteiger partial charge in [-0.25, -0.2) is 0 Å². The van der Waals surface area contributed by atoms with Gasteiger partial charge in [-0.2, -0.15) is 0 Å². The highest BCUT2D eigenvalue weighted by Crippen LogP contribution is 2.21. The van der Waals surface area contributed by atoms with Crippen LogP contribution in [0.25, 0.3) is 0 Å². The van der Waals surface area contributed by atoms with Crippen LogP contribution in [0.4, 0.5) is 5.69 Å². The van der Waals surface area contributed by atoms with Crippen LogP contribution in [-0.2, 0) is 6.54 Å². The van der Waals surface area contributed by atoms with Gasteiger partial charge < -0.3 is 11.1 Å². The zero-order valence-corrected chi connectivity index (χ0v) is 11.7. The fourth-order valence-corrected chi connectivity index (χ4v) is 2.41. The second-order valence-electron chi connectivity index (χ2n) is 4.50. The Hall–Kier alpha value is -1.79. The molecule has 0 unspecified atom stereocenters. The van der Waals surface area contributed by atoms with Gasteiger partial charge in [-0.3, -0.25) is 4.79 Å². The Labute approximate surface area is 116 Å². The fourth-order valence-electron chi connectivity index (χ4n) is 1.70. The van der Waals surface area contributed by atoms with E-state index in [9.17, 15) is 4.79 Å². The normalized spacial score (nSPS) is 10.7. The van der Waals surface area contributed by atoms with Crippen molar-refractivity contribution in [1.29, 1.82) is 0 Å². The zero-order chi connectivity index (χ0) is 13.8. The average Bonchev–Trinajstić information content (AvgIpc) is 2.88. The molecule has 2 aromatic rings. The summed E-state index contributed by atoms with van der Waals surface area (Å²) in [5.41, 5.74) is 8.02. The number of carbonyl (C=O) groups is 1. The first kappa shape index (κ1) is 13.6. The SMILES string of the molecule is CC(C)c1nnsc1C(=O)Nc1cccc(CN)c1. The van der Waals surface area contributed by atoms with Crippen molar-refractivity contribution in [3.05, 3.63) is 40.4 Å². The van der Waals surface area contributed by atoms with E-state index in [1.165, 1.54) is 0 Å². The number of hydrogen-bond donors (Lipinski definition) is 2. The Morgan fingerprint density at radius 2 is 2.26 bits per heavy atom. The van der Waals surface area contributed by atoms with Crippen LogP contribution in [0.1, 0.15) is 40.7 Å². The second-order valence-corrected chi connectivity index (χ2v) is 5.25. The van der Waals surface area contributed by atoms with Crippen molar-refractivity contribution < 1.29 is 4.79 Å². The summed E-state index contributed by atoms with van der Waals surface area (Å²) >= 11 is 1.12. The minimum Gasteiger partial charge on any atom is -0.326 e. The number of hydrogen-bond acceptors (Lipinski definition) is 5. The molecule has 1 aromatic heterocycles. The molecule has 2 rings (SSSR count). The Kier molecular flexibility index (Phi) is 4.24. The summed E-state index contributed by atoms with van der Waals surface area (Å²) in [4.78, 5) is 12.8. The van der Waals surface area contributed by atoms with Crippen LogP contribution >= 0.6 is 11.5 Å². The molecule has 0 saturated carbocycles. The second kappa shape index (κ2) is 5.90. The van der Waals surface area contributed by atoms with Crippen molar-refractivity contribution >= 4 is 23.1 Å².